The lowest BCUT2D eigenvalue weighted by atomic mass is 10.0. The number of aromatic nitrogens is 1. The number of hydrogen-bond donors (Lipinski definition) is 1. The van der Waals surface area contributed by atoms with Crippen LogP contribution in [-0.2, 0) is 17.6 Å². The summed E-state index contributed by atoms with van der Waals surface area (Å²) in [5.41, 5.74) is 1.74. The summed E-state index contributed by atoms with van der Waals surface area (Å²) < 4.78 is 1.77. The third-order valence-corrected chi connectivity index (χ3v) is 5.05. The van der Waals surface area contributed by atoms with Crippen LogP contribution in [0.15, 0.2) is 24.3 Å². The second kappa shape index (κ2) is 5.84. The molecular formula is C15H15N3O3S. The van der Waals surface area contributed by atoms with Gasteiger partial charge >= 0.3 is 0 Å². The fourth-order valence-corrected chi connectivity index (χ4v) is 4.01. The smallest absolute Gasteiger partial charge is 0.269 e. The van der Waals surface area contributed by atoms with Gasteiger partial charge < -0.3 is 9.36 Å². The molecule has 0 saturated heterocycles. The molecule has 0 bridgehead atoms. The number of thiazole rings is 1. The van der Waals surface area contributed by atoms with Gasteiger partial charge in [0.1, 0.15) is 12.3 Å². The zero-order valence-electron chi connectivity index (χ0n) is 11.8. The van der Waals surface area contributed by atoms with E-state index < -0.39 is 11.0 Å². The van der Waals surface area contributed by atoms with Crippen molar-refractivity contribution in [2.75, 3.05) is 0 Å². The number of aryl methyl sites for hydroxylation is 1. The Morgan fingerprint density at radius 2 is 1.95 bits per heavy atom. The van der Waals surface area contributed by atoms with E-state index in [9.17, 15) is 14.9 Å². The molecule has 1 heterocycles. The van der Waals surface area contributed by atoms with Crippen LogP contribution in [-0.4, -0.2) is 15.8 Å². The lowest BCUT2D eigenvalue weighted by Crippen LogP contribution is -2.25. The molecule has 0 spiro atoms. The highest BCUT2D eigenvalue weighted by Crippen LogP contribution is 2.28. The topological polar surface area (TPSA) is 89.0 Å². The lowest BCUT2D eigenvalue weighted by Gasteiger charge is -2.19. The van der Waals surface area contributed by atoms with Crippen LogP contribution >= 0.6 is 11.3 Å². The maximum Gasteiger partial charge on any atom is 0.269 e. The van der Waals surface area contributed by atoms with Gasteiger partial charge in [0.15, 0.2) is 4.80 Å². The van der Waals surface area contributed by atoms with E-state index in [-0.39, 0.29) is 5.69 Å². The summed E-state index contributed by atoms with van der Waals surface area (Å²) in [7, 11) is 0. The molecule has 7 heteroatoms. The maximum atomic E-state index is 11.6. The highest BCUT2D eigenvalue weighted by Gasteiger charge is 2.23. The summed E-state index contributed by atoms with van der Waals surface area (Å²) in [6, 6.07) is 5.39. The number of benzene rings is 1. The van der Waals surface area contributed by atoms with Gasteiger partial charge in [-0.1, -0.05) is 0 Å². The van der Waals surface area contributed by atoms with Gasteiger partial charge in [0.05, 0.1) is 4.92 Å². The molecule has 0 radical (unpaired) electrons. The molecular weight excluding hydrogens is 302 g/mol. The number of nitro benzene ring substituents is 1. The van der Waals surface area contributed by atoms with Crippen LogP contribution < -0.4 is 4.80 Å². The van der Waals surface area contributed by atoms with Crippen LogP contribution in [0.5, 0.6) is 0 Å². The van der Waals surface area contributed by atoms with Gasteiger partial charge in [-0.3, -0.25) is 15.5 Å². The number of nitrogens with one attached hydrogen (secondary N) is 1. The molecule has 1 atom stereocenters. The monoisotopic (exact) mass is 317 g/mol. The Balaban J connectivity index is 2.05. The number of fused-ring (bicyclic) bond motifs is 1. The third kappa shape index (κ3) is 2.48. The van der Waals surface area contributed by atoms with E-state index in [1.54, 1.807) is 16.7 Å². The Morgan fingerprint density at radius 1 is 1.27 bits per heavy atom. The first kappa shape index (κ1) is 14.6. The minimum absolute atomic E-state index is 0.00292. The van der Waals surface area contributed by atoms with Gasteiger partial charge in [0.2, 0.25) is 0 Å². The van der Waals surface area contributed by atoms with Gasteiger partial charge in [-0.2, -0.15) is 0 Å². The van der Waals surface area contributed by atoms with E-state index in [1.807, 2.05) is 0 Å². The second-order valence-electron chi connectivity index (χ2n) is 5.28. The van der Waals surface area contributed by atoms with Crippen molar-refractivity contribution in [3.8, 4) is 0 Å². The van der Waals surface area contributed by atoms with Crippen molar-refractivity contribution >= 4 is 23.3 Å². The number of hydrogen-bond acceptors (Lipinski definition) is 5. The fourth-order valence-electron chi connectivity index (χ4n) is 2.89. The van der Waals surface area contributed by atoms with Gasteiger partial charge in [0.25, 0.3) is 5.69 Å². The number of carbonyl (C=O) groups excluding carboxylic acids is 1. The Bertz CT molecular complexity index is 776. The van der Waals surface area contributed by atoms with E-state index in [0.29, 0.717) is 10.4 Å². The minimum Gasteiger partial charge on any atom is -0.307 e. The van der Waals surface area contributed by atoms with Crippen LogP contribution in [0.2, 0.25) is 0 Å². The van der Waals surface area contributed by atoms with Gasteiger partial charge in [-0.25, -0.2) is 0 Å². The molecule has 1 aromatic carbocycles. The summed E-state index contributed by atoms with van der Waals surface area (Å²) in [6.45, 7) is 0. The van der Waals surface area contributed by atoms with E-state index in [1.165, 1.54) is 28.3 Å². The number of carbonyl (C=O) groups is 1. The molecule has 1 aliphatic carbocycles. The third-order valence-electron chi connectivity index (χ3n) is 3.97. The van der Waals surface area contributed by atoms with Gasteiger partial charge in [-0.05, 0) is 43.4 Å². The van der Waals surface area contributed by atoms with Crippen LogP contribution in [0.1, 0.15) is 35.0 Å². The van der Waals surface area contributed by atoms with Crippen LogP contribution in [0.4, 0.5) is 5.69 Å². The summed E-state index contributed by atoms with van der Waals surface area (Å²) >= 11 is 1.43. The molecule has 3 rings (SSSR count). The Kier molecular flexibility index (Phi) is 3.89. The highest BCUT2D eigenvalue weighted by molar-refractivity contribution is 7.09. The van der Waals surface area contributed by atoms with Crippen molar-refractivity contribution in [1.29, 1.82) is 5.41 Å². The van der Waals surface area contributed by atoms with Gasteiger partial charge in [-0.15, -0.1) is 11.3 Å². The quantitative estimate of drug-likeness (QED) is 0.534. The molecule has 22 heavy (non-hydrogen) atoms. The van der Waals surface area contributed by atoms with Gasteiger partial charge in [0, 0.05) is 22.7 Å². The van der Waals surface area contributed by atoms with Crippen molar-refractivity contribution in [3.63, 3.8) is 0 Å². The SMILES string of the molecule is N=c1sc2c(n1C(C=O)c1ccc([N+](=O)[O-])cc1)CCCC2. The Hall–Kier alpha value is -2.28. The van der Waals surface area contributed by atoms with Crippen LogP contribution in [0, 0.1) is 15.5 Å². The number of rotatable bonds is 4. The molecule has 0 saturated carbocycles. The average molecular weight is 317 g/mol. The maximum absolute atomic E-state index is 11.6. The van der Waals surface area contributed by atoms with Crippen molar-refractivity contribution in [3.05, 3.63) is 55.3 Å². The molecule has 1 unspecified atom stereocenters. The molecule has 2 aromatic rings. The first-order valence-electron chi connectivity index (χ1n) is 7.09. The average Bonchev–Trinajstić information content (AvgIpc) is 2.85. The normalized spacial score (nSPS) is 15.1. The molecule has 6 nitrogen and oxygen atoms in total. The first-order valence-corrected chi connectivity index (χ1v) is 7.91. The summed E-state index contributed by atoms with van der Waals surface area (Å²) in [5, 5.41) is 18.9. The minimum atomic E-state index is -0.591. The number of aldehydes is 1. The largest absolute Gasteiger partial charge is 0.307 e. The Morgan fingerprint density at radius 3 is 2.59 bits per heavy atom. The summed E-state index contributed by atoms with van der Waals surface area (Å²) in [4.78, 5) is 23.4. The predicted molar refractivity (Wildman–Crippen MR) is 82.1 cm³/mol. The molecule has 1 aliphatic rings. The zero-order valence-corrected chi connectivity index (χ0v) is 12.6. The number of non-ortho nitro benzene ring substituents is 1. The Labute approximate surface area is 130 Å². The van der Waals surface area contributed by atoms with Crippen molar-refractivity contribution < 1.29 is 9.72 Å². The molecule has 114 valence electrons. The van der Waals surface area contributed by atoms with Crippen LogP contribution in [0.25, 0.3) is 0 Å². The van der Waals surface area contributed by atoms with Crippen molar-refractivity contribution in [1.82, 2.24) is 4.57 Å². The highest BCUT2D eigenvalue weighted by atomic mass is 32.1. The van der Waals surface area contributed by atoms with Crippen molar-refractivity contribution in [2.45, 2.75) is 31.7 Å². The van der Waals surface area contributed by atoms with E-state index in [2.05, 4.69) is 0 Å². The standard InChI is InChI=1S/C15H15N3O3S/c16-15-17(12-3-1-2-4-14(12)22-15)13(9-19)10-5-7-11(8-6-10)18(20)21/h5-9,13,16H,1-4H2. The molecule has 0 fully saturated rings. The summed E-state index contributed by atoms with van der Waals surface area (Å²) in [5.74, 6) is 0. The second-order valence-corrected chi connectivity index (χ2v) is 6.37. The fraction of sp³-hybridized carbons (Fsp3) is 0.333. The van der Waals surface area contributed by atoms with Crippen LogP contribution in [0.3, 0.4) is 0 Å². The van der Waals surface area contributed by atoms with Crippen molar-refractivity contribution in [2.24, 2.45) is 0 Å². The molecule has 0 amide bonds. The number of nitrogens with zero attached hydrogens (tertiary/aromatic N) is 2. The molecule has 1 N–H and O–H groups in total. The molecule has 1 aromatic heterocycles. The predicted octanol–water partition coefficient (Wildman–Crippen LogP) is 2.60. The number of nitro groups is 1. The molecule has 0 aliphatic heterocycles. The lowest BCUT2D eigenvalue weighted by molar-refractivity contribution is -0.384. The zero-order chi connectivity index (χ0) is 15.7. The van der Waals surface area contributed by atoms with E-state index >= 15 is 0 Å². The van der Waals surface area contributed by atoms with E-state index in [4.69, 9.17) is 5.41 Å². The van der Waals surface area contributed by atoms with E-state index in [0.717, 1.165) is 37.7 Å². The summed E-state index contributed by atoms with van der Waals surface area (Å²) in [6.07, 6.45) is 4.83. The first-order chi connectivity index (χ1) is 10.6.